The molecule has 4 heteroatoms. The first kappa shape index (κ1) is 14.7. The Morgan fingerprint density at radius 1 is 1.10 bits per heavy atom. The number of nitrogens with two attached hydrogens (primary N) is 1. The third-order valence-corrected chi connectivity index (χ3v) is 3.69. The van der Waals surface area contributed by atoms with Gasteiger partial charge in [0.05, 0.1) is 5.69 Å². The SMILES string of the molecule is Cc1ccccc1Sc1ccc(N)c(OC(C)(C)C)n1. The van der Waals surface area contributed by atoms with E-state index >= 15 is 0 Å². The fraction of sp³-hybridized carbons (Fsp3) is 0.312. The smallest absolute Gasteiger partial charge is 0.238 e. The third kappa shape index (κ3) is 3.90. The van der Waals surface area contributed by atoms with Gasteiger partial charge in [0.1, 0.15) is 10.6 Å². The Morgan fingerprint density at radius 3 is 2.45 bits per heavy atom. The van der Waals surface area contributed by atoms with Gasteiger partial charge in [0.25, 0.3) is 0 Å². The molecule has 1 aromatic carbocycles. The zero-order chi connectivity index (χ0) is 14.8. The van der Waals surface area contributed by atoms with Crippen molar-refractivity contribution in [3.05, 3.63) is 42.0 Å². The Bertz CT molecular complexity index is 606. The molecular formula is C16H20N2OS. The molecule has 20 heavy (non-hydrogen) atoms. The molecule has 0 unspecified atom stereocenters. The molecular weight excluding hydrogens is 268 g/mol. The fourth-order valence-electron chi connectivity index (χ4n) is 1.65. The van der Waals surface area contributed by atoms with Gasteiger partial charge in [0.2, 0.25) is 5.88 Å². The van der Waals surface area contributed by atoms with Crippen LogP contribution < -0.4 is 10.5 Å². The van der Waals surface area contributed by atoms with Crippen LogP contribution in [-0.2, 0) is 0 Å². The average Bonchev–Trinajstić information content (AvgIpc) is 2.34. The Labute approximate surface area is 124 Å². The number of hydrogen-bond acceptors (Lipinski definition) is 4. The van der Waals surface area contributed by atoms with Crippen molar-refractivity contribution in [3.8, 4) is 5.88 Å². The minimum atomic E-state index is -0.312. The molecule has 106 valence electrons. The van der Waals surface area contributed by atoms with Crippen molar-refractivity contribution in [1.29, 1.82) is 0 Å². The molecule has 3 nitrogen and oxygen atoms in total. The number of aromatic nitrogens is 1. The molecule has 2 N–H and O–H groups in total. The summed E-state index contributed by atoms with van der Waals surface area (Å²) in [5.41, 5.74) is 7.41. The monoisotopic (exact) mass is 288 g/mol. The molecule has 0 radical (unpaired) electrons. The number of benzene rings is 1. The number of nitrogens with zero attached hydrogens (tertiary/aromatic N) is 1. The van der Waals surface area contributed by atoms with E-state index in [0.29, 0.717) is 11.6 Å². The largest absolute Gasteiger partial charge is 0.470 e. The minimum Gasteiger partial charge on any atom is -0.470 e. The van der Waals surface area contributed by atoms with Crippen molar-refractivity contribution >= 4 is 17.4 Å². The molecule has 0 aliphatic heterocycles. The average molecular weight is 288 g/mol. The van der Waals surface area contributed by atoms with Gasteiger partial charge in [0.15, 0.2) is 0 Å². The van der Waals surface area contributed by atoms with Gasteiger partial charge in [0, 0.05) is 4.90 Å². The Morgan fingerprint density at radius 2 is 1.80 bits per heavy atom. The maximum atomic E-state index is 5.92. The van der Waals surface area contributed by atoms with Gasteiger partial charge < -0.3 is 10.5 Å². The lowest BCUT2D eigenvalue weighted by Gasteiger charge is -2.21. The Balaban J connectivity index is 2.26. The predicted molar refractivity (Wildman–Crippen MR) is 84.3 cm³/mol. The van der Waals surface area contributed by atoms with E-state index < -0.39 is 0 Å². The second kappa shape index (κ2) is 5.75. The summed E-state index contributed by atoms with van der Waals surface area (Å²) >= 11 is 1.62. The van der Waals surface area contributed by atoms with Crippen LogP contribution in [0.1, 0.15) is 26.3 Å². The summed E-state index contributed by atoms with van der Waals surface area (Å²) in [6.07, 6.45) is 0. The lowest BCUT2D eigenvalue weighted by molar-refractivity contribution is 0.124. The van der Waals surface area contributed by atoms with Crippen molar-refractivity contribution in [2.75, 3.05) is 5.73 Å². The molecule has 0 saturated heterocycles. The fourth-order valence-corrected chi connectivity index (χ4v) is 2.51. The van der Waals surface area contributed by atoms with Gasteiger partial charge in [-0.1, -0.05) is 30.0 Å². The van der Waals surface area contributed by atoms with E-state index in [1.54, 1.807) is 11.8 Å². The topological polar surface area (TPSA) is 48.1 Å². The molecule has 2 aromatic rings. The summed E-state index contributed by atoms with van der Waals surface area (Å²) in [5, 5.41) is 0.882. The quantitative estimate of drug-likeness (QED) is 0.914. The first-order chi connectivity index (χ1) is 9.35. The Kier molecular flexibility index (Phi) is 4.23. The molecule has 1 aromatic heterocycles. The molecule has 0 aliphatic rings. The number of pyridine rings is 1. The maximum Gasteiger partial charge on any atom is 0.238 e. The predicted octanol–water partition coefficient (Wildman–Crippen LogP) is 4.30. The molecule has 0 atom stereocenters. The van der Waals surface area contributed by atoms with Crippen LogP contribution in [0.3, 0.4) is 0 Å². The van der Waals surface area contributed by atoms with E-state index in [0.717, 1.165) is 5.03 Å². The highest BCUT2D eigenvalue weighted by Gasteiger charge is 2.15. The van der Waals surface area contributed by atoms with Gasteiger partial charge in [-0.25, -0.2) is 4.98 Å². The molecule has 0 saturated carbocycles. The van der Waals surface area contributed by atoms with Crippen LogP contribution in [0.2, 0.25) is 0 Å². The summed E-state index contributed by atoms with van der Waals surface area (Å²) in [6.45, 7) is 8.03. The van der Waals surface area contributed by atoms with Crippen LogP contribution >= 0.6 is 11.8 Å². The van der Waals surface area contributed by atoms with E-state index in [1.807, 2.05) is 45.0 Å². The van der Waals surface area contributed by atoms with Gasteiger partial charge in [-0.3, -0.25) is 0 Å². The highest BCUT2D eigenvalue weighted by molar-refractivity contribution is 7.99. The second-order valence-corrected chi connectivity index (χ2v) is 6.69. The zero-order valence-electron chi connectivity index (χ0n) is 12.3. The molecule has 0 fully saturated rings. The normalized spacial score (nSPS) is 11.4. The van der Waals surface area contributed by atoms with Crippen LogP contribution in [-0.4, -0.2) is 10.6 Å². The summed E-state index contributed by atoms with van der Waals surface area (Å²) < 4.78 is 5.79. The lowest BCUT2D eigenvalue weighted by Crippen LogP contribution is -2.24. The summed E-state index contributed by atoms with van der Waals surface area (Å²) in [5.74, 6) is 0.496. The number of rotatable bonds is 3. The van der Waals surface area contributed by atoms with Gasteiger partial charge >= 0.3 is 0 Å². The van der Waals surface area contributed by atoms with Crippen molar-refractivity contribution in [1.82, 2.24) is 4.98 Å². The summed E-state index contributed by atoms with van der Waals surface area (Å²) in [6, 6.07) is 12.0. The second-order valence-electron chi connectivity index (χ2n) is 5.63. The highest BCUT2D eigenvalue weighted by atomic mass is 32.2. The number of ether oxygens (including phenoxy) is 1. The van der Waals surface area contributed by atoms with Crippen molar-refractivity contribution in [2.45, 2.75) is 43.2 Å². The number of nitrogen functional groups attached to an aromatic ring is 1. The molecule has 0 spiro atoms. The van der Waals surface area contributed by atoms with Gasteiger partial charge in [-0.05, 0) is 51.5 Å². The third-order valence-electron chi connectivity index (χ3n) is 2.58. The van der Waals surface area contributed by atoms with Crippen molar-refractivity contribution < 1.29 is 4.74 Å². The standard InChI is InChI=1S/C16H20N2OS/c1-11-7-5-6-8-13(11)20-14-10-9-12(17)15(18-14)19-16(2,3)4/h5-10H,17H2,1-4H3. The first-order valence-corrected chi connectivity index (χ1v) is 7.36. The van der Waals surface area contributed by atoms with E-state index in [4.69, 9.17) is 10.5 Å². The van der Waals surface area contributed by atoms with E-state index in [9.17, 15) is 0 Å². The number of anilines is 1. The van der Waals surface area contributed by atoms with Crippen LogP contribution in [0.25, 0.3) is 0 Å². The zero-order valence-corrected chi connectivity index (χ0v) is 13.1. The highest BCUT2D eigenvalue weighted by Crippen LogP contribution is 2.32. The van der Waals surface area contributed by atoms with E-state index in [2.05, 4.69) is 24.0 Å². The first-order valence-electron chi connectivity index (χ1n) is 6.54. The summed E-state index contributed by atoms with van der Waals surface area (Å²) in [7, 11) is 0. The molecule has 0 aliphatic carbocycles. The molecule has 2 rings (SSSR count). The number of hydrogen-bond donors (Lipinski definition) is 1. The van der Waals surface area contributed by atoms with Crippen molar-refractivity contribution in [3.63, 3.8) is 0 Å². The maximum absolute atomic E-state index is 5.92. The lowest BCUT2D eigenvalue weighted by atomic mass is 10.2. The van der Waals surface area contributed by atoms with E-state index in [-0.39, 0.29) is 5.60 Å². The molecule has 1 heterocycles. The van der Waals surface area contributed by atoms with Gasteiger partial charge in [-0.15, -0.1) is 0 Å². The number of aryl methyl sites for hydroxylation is 1. The van der Waals surface area contributed by atoms with Crippen molar-refractivity contribution in [2.24, 2.45) is 0 Å². The van der Waals surface area contributed by atoms with Crippen LogP contribution in [0, 0.1) is 6.92 Å². The van der Waals surface area contributed by atoms with Crippen LogP contribution in [0.5, 0.6) is 5.88 Å². The van der Waals surface area contributed by atoms with Crippen LogP contribution in [0.15, 0.2) is 46.3 Å². The van der Waals surface area contributed by atoms with Crippen LogP contribution in [0.4, 0.5) is 5.69 Å². The minimum absolute atomic E-state index is 0.312. The molecule has 0 amide bonds. The summed E-state index contributed by atoms with van der Waals surface area (Å²) in [4.78, 5) is 5.70. The van der Waals surface area contributed by atoms with Gasteiger partial charge in [-0.2, -0.15) is 0 Å². The van der Waals surface area contributed by atoms with E-state index in [1.165, 1.54) is 10.5 Å². The molecule has 0 bridgehead atoms. The Hall–Kier alpha value is -1.68.